The van der Waals surface area contributed by atoms with Gasteiger partial charge in [-0.15, -0.1) is 0 Å². The SMILES string of the molecule is O=Cc1ccc(OCCOCCOCCOCCOCCOCCOCCOCCOCCOCCOCCOCCOCc2ccccc2)cc1. The van der Waals surface area contributed by atoms with E-state index in [0.29, 0.717) is 176 Å². The number of ether oxygens (including phenoxy) is 13. The lowest BCUT2D eigenvalue weighted by molar-refractivity contribution is -0.0287. The van der Waals surface area contributed by atoms with Gasteiger partial charge in [-0.05, 0) is 29.8 Å². The summed E-state index contributed by atoms with van der Waals surface area (Å²) in [6.45, 7) is 12.6. The van der Waals surface area contributed by atoms with Crippen LogP contribution in [0.5, 0.6) is 5.75 Å². The van der Waals surface area contributed by atoms with E-state index in [9.17, 15) is 4.79 Å². The molecule has 0 saturated heterocycles. The van der Waals surface area contributed by atoms with Crippen molar-refractivity contribution in [3.63, 3.8) is 0 Å². The molecule has 0 saturated carbocycles. The van der Waals surface area contributed by atoms with Gasteiger partial charge in [-0.1, -0.05) is 30.3 Å². The third-order valence-corrected chi connectivity index (χ3v) is 6.72. The zero-order chi connectivity index (χ0) is 36.7. The Morgan fingerprint density at radius 1 is 0.327 bits per heavy atom. The quantitative estimate of drug-likeness (QED) is 0.0730. The van der Waals surface area contributed by atoms with Gasteiger partial charge in [0.1, 0.15) is 18.6 Å². The Kier molecular flexibility index (Phi) is 32.2. The van der Waals surface area contributed by atoms with Gasteiger partial charge in [-0.25, -0.2) is 0 Å². The molecule has 0 atom stereocenters. The van der Waals surface area contributed by atoms with Gasteiger partial charge in [0.15, 0.2) is 0 Å². The fourth-order valence-electron chi connectivity index (χ4n) is 4.04. The second kappa shape index (κ2) is 36.8. The van der Waals surface area contributed by atoms with Crippen LogP contribution >= 0.6 is 0 Å². The first-order valence-corrected chi connectivity index (χ1v) is 18.0. The monoisotopic (exact) mass is 740 g/mol. The van der Waals surface area contributed by atoms with Crippen molar-refractivity contribution < 1.29 is 66.4 Å². The van der Waals surface area contributed by atoms with Crippen molar-refractivity contribution in [2.75, 3.05) is 159 Å². The third-order valence-electron chi connectivity index (χ3n) is 6.72. The van der Waals surface area contributed by atoms with Gasteiger partial charge in [0, 0.05) is 5.56 Å². The molecule has 0 spiro atoms. The Hall–Kier alpha value is -2.57. The summed E-state index contributed by atoms with van der Waals surface area (Å²) in [5.74, 6) is 0.703. The van der Waals surface area contributed by atoms with Crippen LogP contribution in [0.15, 0.2) is 54.6 Å². The van der Waals surface area contributed by atoms with E-state index < -0.39 is 0 Å². The second-order valence-electron chi connectivity index (χ2n) is 10.8. The lowest BCUT2D eigenvalue weighted by Gasteiger charge is -2.09. The summed E-state index contributed by atoms with van der Waals surface area (Å²) in [5, 5.41) is 0. The van der Waals surface area contributed by atoms with Crippen LogP contribution in [-0.4, -0.2) is 165 Å². The first-order valence-electron chi connectivity index (χ1n) is 18.0. The highest BCUT2D eigenvalue weighted by molar-refractivity contribution is 5.74. The molecule has 296 valence electrons. The molecule has 0 radical (unpaired) electrons. The predicted octanol–water partition coefficient (Wildman–Crippen LogP) is 3.28. The lowest BCUT2D eigenvalue weighted by Crippen LogP contribution is -2.15. The van der Waals surface area contributed by atoms with Gasteiger partial charge in [-0.2, -0.15) is 0 Å². The van der Waals surface area contributed by atoms with Crippen molar-refractivity contribution in [3.05, 3.63) is 65.7 Å². The van der Waals surface area contributed by atoms with Crippen molar-refractivity contribution in [3.8, 4) is 5.75 Å². The molecule has 0 aliphatic rings. The van der Waals surface area contributed by atoms with E-state index in [1.54, 1.807) is 24.3 Å². The summed E-state index contributed by atoms with van der Waals surface area (Å²) in [5.41, 5.74) is 1.77. The average molecular weight is 741 g/mol. The van der Waals surface area contributed by atoms with E-state index in [4.69, 9.17) is 61.6 Å². The van der Waals surface area contributed by atoms with E-state index in [1.165, 1.54) is 0 Å². The van der Waals surface area contributed by atoms with E-state index in [2.05, 4.69) is 0 Å². The molecule has 0 unspecified atom stereocenters. The summed E-state index contributed by atoms with van der Waals surface area (Å²) >= 11 is 0. The Morgan fingerprint density at radius 3 is 0.923 bits per heavy atom. The molecular weight excluding hydrogens is 680 g/mol. The van der Waals surface area contributed by atoms with Crippen molar-refractivity contribution in [1.29, 1.82) is 0 Å². The highest BCUT2D eigenvalue weighted by atomic mass is 16.6. The molecule has 14 heteroatoms. The molecule has 52 heavy (non-hydrogen) atoms. The smallest absolute Gasteiger partial charge is 0.150 e. The Bertz CT molecular complexity index is 1010. The highest BCUT2D eigenvalue weighted by Crippen LogP contribution is 2.10. The predicted molar refractivity (Wildman–Crippen MR) is 192 cm³/mol. The fourth-order valence-corrected chi connectivity index (χ4v) is 4.04. The molecule has 0 aromatic heterocycles. The number of hydrogen-bond donors (Lipinski definition) is 0. The van der Waals surface area contributed by atoms with E-state index in [0.717, 1.165) is 11.8 Å². The van der Waals surface area contributed by atoms with Crippen LogP contribution in [-0.2, 0) is 63.4 Å². The van der Waals surface area contributed by atoms with Gasteiger partial charge >= 0.3 is 0 Å². The lowest BCUT2D eigenvalue weighted by atomic mass is 10.2. The minimum absolute atomic E-state index is 0.429. The first-order chi connectivity index (χ1) is 25.9. The Labute approximate surface area is 309 Å². The molecule has 0 aliphatic carbocycles. The summed E-state index contributed by atoms with van der Waals surface area (Å²) in [7, 11) is 0. The summed E-state index contributed by atoms with van der Waals surface area (Å²) in [4.78, 5) is 10.6. The number of benzene rings is 2. The standard InChI is InChI=1S/C38H60O14/c39-34-36-6-8-38(9-7-36)52-33-32-50-29-28-48-25-24-46-21-20-44-17-16-42-13-12-40-10-11-41-14-15-43-18-19-45-22-23-47-26-27-49-30-31-51-35-37-4-2-1-3-5-37/h1-9,34H,10-33,35H2. The molecule has 0 heterocycles. The molecule has 0 N–H and O–H groups in total. The Morgan fingerprint density at radius 2 is 0.615 bits per heavy atom. The number of carbonyl (C=O) groups excluding carboxylic acids is 1. The van der Waals surface area contributed by atoms with Crippen LogP contribution in [0.2, 0.25) is 0 Å². The molecule has 2 rings (SSSR count). The van der Waals surface area contributed by atoms with Gasteiger partial charge in [0.05, 0.1) is 159 Å². The van der Waals surface area contributed by atoms with Gasteiger partial charge in [-0.3, -0.25) is 4.79 Å². The van der Waals surface area contributed by atoms with Crippen molar-refractivity contribution >= 4 is 6.29 Å². The second-order valence-corrected chi connectivity index (χ2v) is 10.8. The minimum Gasteiger partial charge on any atom is -0.491 e. The summed E-state index contributed by atoms with van der Waals surface area (Å²) < 4.78 is 71.5. The fraction of sp³-hybridized carbons (Fsp3) is 0.658. The zero-order valence-electron chi connectivity index (χ0n) is 30.7. The zero-order valence-corrected chi connectivity index (χ0v) is 30.7. The van der Waals surface area contributed by atoms with Crippen molar-refractivity contribution in [2.24, 2.45) is 0 Å². The largest absolute Gasteiger partial charge is 0.491 e. The van der Waals surface area contributed by atoms with Gasteiger partial charge < -0.3 is 61.6 Å². The van der Waals surface area contributed by atoms with Crippen LogP contribution in [0.3, 0.4) is 0 Å². The first kappa shape index (κ1) is 45.6. The highest BCUT2D eigenvalue weighted by Gasteiger charge is 1.98. The van der Waals surface area contributed by atoms with Crippen LogP contribution in [0, 0.1) is 0 Å². The summed E-state index contributed by atoms with van der Waals surface area (Å²) in [6, 6.07) is 17.0. The molecule has 2 aromatic rings. The normalized spacial score (nSPS) is 11.3. The number of rotatable bonds is 40. The average Bonchev–Trinajstić information content (AvgIpc) is 3.18. The molecule has 0 aliphatic heterocycles. The Balaban J connectivity index is 1.13. The topological polar surface area (TPSA) is 137 Å². The van der Waals surface area contributed by atoms with E-state index in [1.807, 2.05) is 30.3 Å². The van der Waals surface area contributed by atoms with Crippen molar-refractivity contribution in [1.82, 2.24) is 0 Å². The molecular formula is C38H60O14. The molecule has 2 aromatic carbocycles. The van der Waals surface area contributed by atoms with Crippen LogP contribution in [0.25, 0.3) is 0 Å². The molecule has 14 nitrogen and oxygen atoms in total. The number of carbonyl (C=O) groups is 1. The maximum absolute atomic E-state index is 10.6. The van der Waals surface area contributed by atoms with E-state index in [-0.39, 0.29) is 0 Å². The molecule has 0 bridgehead atoms. The van der Waals surface area contributed by atoms with Crippen LogP contribution in [0.4, 0.5) is 0 Å². The third kappa shape index (κ3) is 29.9. The summed E-state index contributed by atoms with van der Waals surface area (Å²) in [6.07, 6.45) is 0.798. The van der Waals surface area contributed by atoms with Crippen LogP contribution in [0.1, 0.15) is 15.9 Å². The maximum atomic E-state index is 10.6. The minimum atomic E-state index is 0.429. The van der Waals surface area contributed by atoms with E-state index >= 15 is 0 Å². The number of aldehydes is 1. The molecule has 0 amide bonds. The van der Waals surface area contributed by atoms with Gasteiger partial charge in [0.2, 0.25) is 0 Å². The van der Waals surface area contributed by atoms with Crippen LogP contribution < -0.4 is 4.74 Å². The van der Waals surface area contributed by atoms with Crippen molar-refractivity contribution in [2.45, 2.75) is 6.61 Å². The van der Waals surface area contributed by atoms with Gasteiger partial charge in [0.25, 0.3) is 0 Å². The molecule has 0 fully saturated rings. The maximum Gasteiger partial charge on any atom is 0.150 e. The number of hydrogen-bond acceptors (Lipinski definition) is 14.